The number of hydrogen-bond donors (Lipinski definition) is 1. The molecule has 1 saturated heterocycles. The molecule has 27 heavy (non-hydrogen) atoms. The molecule has 4 nitrogen and oxygen atoms in total. The number of hydrogen-bond acceptors (Lipinski definition) is 4. The number of thioether (sulfide) groups is 2. The van der Waals surface area contributed by atoms with Crippen LogP contribution in [0.1, 0.15) is 35.9 Å². The number of hydrazone groups is 1. The molecule has 0 aliphatic carbocycles. The molecule has 0 unspecified atom stereocenters. The Bertz CT molecular complexity index is 886. The molecule has 1 aliphatic rings. The topological polar surface area (TPSA) is 46.4 Å². The summed E-state index contributed by atoms with van der Waals surface area (Å²) < 4.78 is 2.11. The van der Waals surface area contributed by atoms with Crippen LogP contribution >= 0.6 is 35.1 Å². The minimum Gasteiger partial charge on any atom is -0.318 e. The Kier molecular flexibility index (Phi) is 6.28. The predicted octanol–water partition coefficient (Wildman–Crippen LogP) is 5.09. The van der Waals surface area contributed by atoms with E-state index in [9.17, 15) is 4.79 Å². The van der Waals surface area contributed by atoms with E-state index in [2.05, 4.69) is 34.2 Å². The van der Waals surface area contributed by atoms with Gasteiger partial charge in [0.25, 0.3) is 0 Å². The van der Waals surface area contributed by atoms with Gasteiger partial charge in [0.15, 0.2) is 0 Å². The normalized spacial score (nSPS) is 16.2. The lowest BCUT2D eigenvalue weighted by Crippen LogP contribution is -2.26. The molecule has 3 rings (SSSR count). The number of carbonyl (C=O) groups excluding carboxylic acids is 1. The van der Waals surface area contributed by atoms with Gasteiger partial charge in [-0.2, -0.15) is 5.10 Å². The van der Waals surface area contributed by atoms with Crippen molar-refractivity contribution >= 4 is 47.2 Å². The molecule has 1 amide bonds. The molecule has 1 aromatic carbocycles. The van der Waals surface area contributed by atoms with Gasteiger partial charge in [-0.15, -0.1) is 23.5 Å². The average Bonchev–Trinajstić information content (AvgIpc) is 3.14. The van der Waals surface area contributed by atoms with Crippen LogP contribution in [0.2, 0.25) is 5.02 Å². The monoisotopic (exact) mass is 421 g/mol. The number of carbonyl (C=O) groups is 1. The lowest BCUT2D eigenvalue weighted by atomic mass is 10.2. The summed E-state index contributed by atoms with van der Waals surface area (Å²) in [6.45, 7) is 8.20. The van der Waals surface area contributed by atoms with Crippen LogP contribution in [-0.2, 0) is 4.79 Å². The van der Waals surface area contributed by atoms with Crippen LogP contribution in [0, 0.1) is 20.8 Å². The van der Waals surface area contributed by atoms with Gasteiger partial charge in [0.1, 0.15) is 0 Å². The second kappa shape index (κ2) is 8.33. The molecule has 0 spiro atoms. The summed E-state index contributed by atoms with van der Waals surface area (Å²) in [6, 6.07) is 8.10. The number of amides is 1. The van der Waals surface area contributed by atoms with Gasteiger partial charge in [-0.05, 0) is 51.5 Å². The van der Waals surface area contributed by atoms with Crippen LogP contribution in [0.15, 0.2) is 29.4 Å². The highest BCUT2D eigenvalue weighted by molar-refractivity contribution is 8.21. The number of benzene rings is 1. The minimum absolute atomic E-state index is 0.0276. The molecule has 2 heterocycles. The van der Waals surface area contributed by atoms with Gasteiger partial charge >= 0.3 is 0 Å². The highest BCUT2D eigenvalue weighted by Crippen LogP contribution is 2.45. The molecule has 0 saturated carbocycles. The van der Waals surface area contributed by atoms with Crippen molar-refractivity contribution in [1.82, 2.24) is 9.99 Å². The number of aryl methyl sites for hydroxylation is 2. The molecular weight excluding hydrogens is 398 g/mol. The number of halogens is 1. The van der Waals surface area contributed by atoms with Gasteiger partial charge in [0.05, 0.1) is 16.7 Å². The first-order valence-corrected chi connectivity index (χ1v) is 11.2. The van der Waals surface area contributed by atoms with Crippen LogP contribution in [-0.4, -0.2) is 32.3 Å². The second-order valence-corrected chi connectivity index (χ2v) is 10.8. The summed E-state index contributed by atoms with van der Waals surface area (Å²) in [5.74, 6) is 2.16. The summed E-state index contributed by atoms with van der Waals surface area (Å²) in [7, 11) is 0. The van der Waals surface area contributed by atoms with Crippen molar-refractivity contribution in [3.63, 3.8) is 0 Å². The fraction of sp³-hybridized carbons (Fsp3) is 0.400. The Hall–Kier alpha value is -1.37. The maximum absolute atomic E-state index is 12.2. The van der Waals surface area contributed by atoms with E-state index in [0.717, 1.165) is 44.7 Å². The van der Waals surface area contributed by atoms with Crippen molar-refractivity contribution in [3.8, 4) is 5.69 Å². The van der Waals surface area contributed by atoms with E-state index in [1.54, 1.807) is 6.21 Å². The molecule has 7 heteroatoms. The van der Waals surface area contributed by atoms with Crippen molar-refractivity contribution in [2.45, 2.75) is 38.2 Å². The fourth-order valence-electron chi connectivity index (χ4n) is 3.20. The van der Waals surface area contributed by atoms with Crippen molar-refractivity contribution in [3.05, 3.63) is 51.8 Å². The van der Waals surface area contributed by atoms with Gasteiger partial charge < -0.3 is 4.57 Å². The largest absolute Gasteiger partial charge is 0.318 e. The van der Waals surface area contributed by atoms with E-state index in [-0.39, 0.29) is 9.99 Å². The zero-order chi connectivity index (χ0) is 19.6. The molecule has 2 aromatic rings. The highest BCUT2D eigenvalue weighted by atomic mass is 35.5. The Labute approximate surface area is 174 Å². The van der Waals surface area contributed by atoms with Crippen molar-refractivity contribution in [2.75, 3.05) is 11.5 Å². The molecule has 0 atom stereocenters. The number of aromatic nitrogens is 1. The average molecular weight is 422 g/mol. The summed E-state index contributed by atoms with van der Waals surface area (Å²) >= 11 is 9.98. The van der Waals surface area contributed by atoms with E-state index in [4.69, 9.17) is 11.6 Å². The smallest absolute Gasteiger partial charge is 0.242 e. The highest BCUT2D eigenvalue weighted by Gasteiger charge is 2.32. The third kappa shape index (κ3) is 4.73. The summed E-state index contributed by atoms with van der Waals surface area (Å²) in [5, 5.41) is 4.92. The van der Waals surface area contributed by atoms with Crippen molar-refractivity contribution in [2.24, 2.45) is 5.10 Å². The summed E-state index contributed by atoms with van der Waals surface area (Å²) in [5.41, 5.74) is 7.86. The molecule has 1 aliphatic heterocycles. The number of nitrogens with one attached hydrogen (secondary N) is 1. The molecule has 144 valence electrons. The molecule has 1 N–H and O–H groups in total. The quantitative estimate of drug-likeness (QED) is 0.540. The maximum atomic E-state index is 12.2. The molecular formula is C20H24ClN3OS2. The Morgan fingerprint density at radius 1 is 1.30 bits per heavy atom. The maximum Gasteiger partial charge on any atom is 0.242 e. The molecule has 1 aromatic heterocycles. The number of rotatable bonds is 5. The third-order valence-corrected chi connectivity index (χ3v) is 8.36. The fourth-order valence-corrected chi connectivity index (χ4v) is 6.21. The van der Waals surface area contributed by atoms with E-state index in [0.29, 0.717) is 6.42 Å². The van der Waals surface area contributed by atoms with E-state index < -0.39 is 0 Å². The predicted molar refractivity (Wildman–Crippen MR) is 119 cm³/mol. The number of nitrogens with zero attached hydrogens (tertiary/aromatic N) is 2. The standard InChI is InChI=1S/C20H24ClN3OS2/c1-13-5-6-17(10-18(13)21)24-14(2)9-16(15(24)3)12-22-23-19(25)11-20(4)26-7-8-27-20/h5-6,9-10,12H,7-8,11H2,1-4H3,(H,23,25)/b22-12-. The van der Waals surface area contributed by atoms with Crippen LogP contribution in [0.3, 0.4) is 0 Å². The van der Waals surface area contributed by atoms with Crippen LogP contribution in [0.5, 0.6) is 0 Å². The third-order valence-electron chi connectivity index (χ3n) is 4.66. The van der Waals surface area contributed by atoms with Gasteiger partial charge in [-0.3, -0.25) is 4.79 Å². The minimum atomic E-state index is -0.0465. The van der Waals surface area contributed by atoms with E-state index >= 15 is 0 Å². The zero-order valence-corrected chi connectivity index (χ0v) is 18.4. The van der Waals surface area contributed by atoms with Gasteiger partial charge in [-0.25, -0.2) is 5.43 Å². The first-order chi connectivity index (χ1) is 12.8. The summed E-state index contributed by atoms with van der Waals surface area (Å²) in [4.78, 5) is 12.2. The Balaban J connectivity index is 1.71. The van der Waals surface area contributed by atoms with Gasteiger partial charge in [0.2, 0.25) is 5.91 Å². The van der Waals surface area contributed by atoms with Gasteiger partial charge in [-0.1, -0.05) is 17.7 Å². The van der Waals surface area contributed by atoms with Crippen molar-refractivity contribution < 1.29 is 4.79 Å². The van der Waals surface area contributed by atoms with Crippen LogP contribution in [0.4, 0.5) is 0 Å². The molecule has 0 radical (unpaired) electrons. The lowest BCUT2D eigenvalue weighted by Gasteiger charge is -2.19. The SMILES string of the molecule is Cc1ccc(-n2c(C)cc(/C=N\NC(=O)CC3(C)SCCS3)c2C)cc1Cl. The molecule has 1 fully saturated rings. The Morgan fingerprint density at radius 3 is 2.67 bits per heavy atom. The van der Waals surface area contributed by atoms with Gasteiger partial charge in [0, 0.05) is 39.2 Å². The second-order valence-electron chi connectivity index (χ2n) is 6.90. The Morgan fingerprint density at radius 2 is 2.00 bits per heavy atom. The van der Waals surface area contributed by atoms with E-state index in [1.807, 2.05) is 56.4 Å². The van der Waals surface area contributed by atoms with Crippen LogP contribution in [0.25, 0.3) is 5.69 Å². The van der Waals surface area contributed by atoms with Crippen LogP contribution < -0.4 is 5.43 Å². The lowest BCUT2D eigenvalue weighted by molar-refractivity contribution is -0.121. The zero-order valence-electron chi connectivity index (χ0n) is 16.0. The van der Waals surface area contributed by atoms with Crippen molar-refractivity contribution in [1.29, 1.82) is 0 Å². The summed E-state index contributed by atoms with van der Waals surface area (Å²) in [6.07, 6.45) is 2.18. The first-order valence-electron chi connectivity index (χ1n) is 8.84. The molecule has 0 bridgehead atoms. The van der Waals surface area contributed by atoms with E-state index in [1.165, 1.54) is 0 Å². The first kappa shape index (κ1) is 20.4.